The topological polar surface area (TPSA) is 28.7 Å². The number of nitrogens with one attached hydrogen (secondary N) is 1. The number of para-hydroxylation sites is 2. The van der Waals surface area contributed by atoms with E-state index < -0.39 is 0 Å². The molecule has 0 bridgehead atoms. The van der Waals surface area contributed by atoms with E-state index in [9.17, 15) is 0 Å². The van der Waals surface area contributed by atoms with Crippen molar-refractivity contribution >= 4 is 42.9 Å². The van der Waals surface area contributed by atoms with E-state index in [4.69, 9.17) is 0 Å². The molecule has 0 fully saturated rings. The van der Waals surface area contributed by atoms with Crippen molar-refractivity contribution in [2.45, 2.75) is 3.74 Å². The first kappa shape index (κ1) is 8.26. The fourth-order valence-corrected chi connectivity index (χ4v) is 1.51. The van der Waals surface area contributed by atoms with Crippen molar-refractivity contribution in [3.8, 4) is 0 Å². The third-order valence-corrected chi connectivity index (χ3v) is 2.48. The monoisotopic (exact) mass is 288 g/mol. The second-order valence-electron chi connectivity index (χ2n) is 2.44. The molecule has 1 N–H and O–H groups in total. The lowest BCUT2D eigenvalue weighted by Crippen LogP contribution is -1.81. The zero-order valence-corrected chi connectivity index (χ0v) is 9.26. The Morgan fingerprint density at radius 2 is 2.00 bits per heavy atom. The molecule has 0 radical (unpaired) electrons. The Balaban J connectivity index is 2.62. The van der Waals surface area contributed by atoms with Crippen LogP contribution in [-0.2, 0) is 0 Å². The van der Waals surface area contributed by atoms with Gasteiger partial charge in [0.2, 0.25) is 0 Å². The minimum absolute atomic E-state index is 0.0948. The summed E-state index contributed by atoms with van der Waals surface area (Å²) in [7, 11) is 0. The standard InChI is InChI=1S/C8H6Br2N2/c9-7(10)8-11-5-3-1-2-4-6(5)12-8/h1-4,7H,(H,11,12). The van der Waals surface area contributed by atoms with Crippen LogP contribution in [0.5, 0.6) is 0 Å². The molecule has 0 saturated carbocycles. The number of alkyl halides is 2. The average Bonchev–Trinajstić information content (AvgIpc) is 2.46. The van der Waals surface area contributed by atoms with E-state index in [0.29, 0.717) is 0 Å². The van der Waals surface area contributed by atoms with Crippen LogP contribution >= 0.6 is 31.9 Å². The molecule has 0 atom stereocenters. The molecule has 12 heavy (non-hydrogen) atoms. The average molecular weight is 290 g/mol. The zero-order valence-electron chi connectivity index (χ0n) is 6.09. The van der Waals surface area contributed by atoms with Crippen LogP contribution in [0.2, 0.25) is 0 Å². The second kappa shape index (κ2) is 3.18. The third-order valence-electron chi connectivity index (χ3n) is 1.61. The Bertz CT molecular complexity index is 362. The minimum Gasteiger partial charge on any atom is -0.340 e. The Hall–Kier alpha value is -0.350. The number of halogens is 2. The number of nitrogens with zero attached hydrogens (tertiary/aromatic N) is 1. The minimum atomic E-state index is 0.0948. The predicted octanol–water partition coefficient (Wildman–Crippen LogP) is 3.35. The number of hydrogen-bond acceptors (Lipinski definition) is 1. The first-order chi connectivity index (χ1) is 5.77. The highest BCUT2D eigenvalue weighted by atomic mass is 79.9. The van der Waals surface area contributed by atoms with E-state index >= 15 is 0 Å². The fourth-order valence-electron chi connectivity index (χ4n) is 1.08. The number of benzene rings is 1. The molecule has 0 aliphatic rings. The summed E-state index contributed by atoms with van der Waals surface area (Å²) in [5.74, 6) is 0.899. The fraction of sp³-hybridized carbons (Fsp3) is 0.125. The summed E-state index contributed by atoms with van der Waals surface area (Å²) in [5.41, 5.74) is 2.06. The quantitative estimate of drug-likeness (QED) is 0.802. The lowest BCUT2D eigenvalue weighted by molar-refractivity contribution is 1.14. The van der Waals surface area contributed by atoms with Crippen LogP contribution in [0.1, 0.15) is 9.56 Å². The molecule has 4 heteroatoms. The van der Waals surface area contributed by atoms with Crippen molar-refractivity contribution in [1.82, 2.24) is 9.97 Å². The molecule has 0 saturated heterocycles. The third kappa shape index (κ3) is 1.41. The molecule has 1 aromatic carbocycles. The van der Waals surface area contributed by atoms with Crippen LogP contribution in [0.15, 0.2) is 24.3 Å². The van der Waals surface area contributed by atoms with Gasteiger partial charge < -0.3 is 4.98 Å². The Kier molecular flexibility index (Phi) is 2.19. The normalized spacial score (nSPS) is 11.2. The summed E-state index contributed by atoms with van der Waals surface area (Å²) in [6.07, 6.45) is 0. The molecule has 0 aliphatic heterocycles. The summed E-state index contributed by atoms with van der Waals surface area (Å²) in [6, 6.07) is 7.96. The highest BCUT2D eigenvalue weighted by Crippen LogP contribution is 2.27. The molecular weight excluding hydrogens is 284 g/mol. The largest absolute Gasteiger partial charge is 0.340 e. The summed E-state index contributed by atoms with van der Waals surface area (Å²) in [6.45, 7) is 0. The Morgan fingerprint density at radius 3 is 2.67 bits per heavy atom. The molecular formula is C8H6Br2N2. The van der Waals surface area contributed by atoms with Gasteiger partial charge in [0, 0.05) is 0 Å². The van der Waals surface area contributed by atoms with Gasteiger partial charge in [-0.2, -0.15) is 0 Å². The number of imidazole rings is 1. The maximum Gasteiger partial charge on any atom is 0.131 e. The van der Waals surface area contributed by atoms with Crippen molar-refractivity contribution in [1.29, 1.82) is 0 Å². The predicted molar refractivity (Wildman–Crippen MR) is 56.7 cm³/mol. The summed E-state index contributed by atoms with van der Waals surface area (Å²) < 4.78 is 0.0948. The van der Waals surface area contributed by atoms with Gasteiger partial charge >= 0.3 is 0 Å². The molecule has 2 rings (SSSR count). The Labute approximate surface area is 86.6 Å². The molecule has 0 spiro atoms. The molecule has 1 aromatic heterocycles. The first-order valence-corrected chi connectivity index (χ1v) is 5.33. The number of aromatic nitrogens is 2. The lowest BCUT2D eigenvalue weighted by atomic mass is 10.3. The van der Waals surface area contributed by atoms with E-state index in [-0.39, 0.29) is 3.74 Å². The molecule has 2 nitrogen and oxygen atoms in total. The van der Waals surface area contributed by atoms with Crippen LogP contribution in [0.3, 0.4) is 0 Å². The van der Waals surface area contributed by atoms with Gasteiger partial charge in [0.15, 0.2) is 0 Å². The van der Waals surface area contributed by atoms with Crippen LogP contribution < -0.4 is 0 Å². The molecule has 0 amide bonds. The highest BCUT2D eigenvalue weighted by Gasteiger charge is 2.07. The second-order valence-corrected chi connectivity index (χ2v) is 5.50. The molecule has 1 heterocycles. The van der Waals surface area contributed by atoms with E-state index in [1.807, 2.05) is 24.3 Å². The molecule has 2 aromatic rings. The number of aromatic amines is 1. The van der Waals surface area contributed by atoms with Crippen LogP contribution in [0.25, 0.3) is 11.0 Å². The number of rotatable bonds is 1. The summed E-state index contributed by atoms with van der Waals surface area (Å²) in [4.78, 5) is 7.55. The van der Waals surface area contributed by atoms with Gasteiger partial charge in [0.25, 0.3) is 0 Å². The number of H-pyrrole nitrogens is 1. The number of fused-ring (bicyclic) bond motifs is 1. The zero-order chi connectivity index (χ0) is 8.55. The smallest absolute Gasteiger partial charge is 0.131 e. The maximum atomic E-state index is 4.36. The van der Waals surface area contributed by atoms with Gasteiger partial charge in [-0.25, -0.2) is 4.98 Å². The first-order valence-electron chi connectivity index (χ1n) is 3.50. The van der Waals surface area contributed by atoms with E-state index in [1.165, 1.54) is 0 Å². The van der Waals surface area contributed by atoms with Crippen molar-refractivity contribution < 1.29 is 0 Å². The number of hydrogen-bond donors (Lipinski definition) is 1. The van der Waals surface area contributed by atoms with Gasteiger partial charge in [-0.3, -0.25) is 0 Å². The van der Waals surface area contributed by atoms with Gasteiger partial charge in [-0.1, -0.05) is 44.0 Å². The molecule has 0 aliphatic carbocycles. The van der Waals surface area contributed by atoms with Gasteiger partial charge in [0.05, 0.1) is 11.0 Å². The van der Waals surface area contributed by atoms with E-state index in [0.717, 1.165) is 16.9 Å². The summed E-state index contributed by atoms with van der Waals surface area (Å²) in [5, 5.41) is 0. The van der Waals surface area contributed by atoms with Crippen molar-refractivity contribution in [2.75, 3.05) is 0 Å². The summed E-state index contributed by atoms with van der Waals surface area (Å²) >= 11 is 6.77. The highest BCUT2D eigenvalue weighted by molar-refractivity contribution is 9.24. The Morgan fingerprint density at radius 1 is 1.25 bits per heavy atom. The SMILES string of the molecule is BrC(Br)c1nc2ccccc2[nH]1. The van der Waals surface area contributed by atoms with Gasteiger partial charge in [-0.05, 0) is 12.1 Å². The van der Waals surface area contributed by atoms with Crippen LogP contribution in [-0.4, -0.2) is 9.97 Å². The van der Waals surface area contributed by atoms with E-state index in [1.54, 1.807) is 0 Å². The van der Waals surface area contributed by atoms with Gasteiger partial charge in [0.1, 0.15) is 9.56 Å². The van der Waals surface area contributed by atoms with Crippen molar-refractivity contribution in [3.63, 3.8) is 0 Å². The molecule has 62 valence electrons. The van der Waals surface area contributed by atoms with Crippen molar-refractivity contribution in [2.24, 2.45) is 0 Å². The van der Waals surface area contributed by atoms with Gasteiger partial charge in [-0.15, -0.1) is 0 Å². The van der Waals surface area contributed by atoms with E-state index in [2.05, 4.69) is 41.8 Å². The van der Waals surface area contributed by atoms with Crippen LogP contribution in [0.4, 0.5) is 0 Å². The lowest BCUT2D eigenvalue weighted by Gasteiger charge is -1.91. The van der Waals surface area contributed by atoms with Crippen molar-refractivity contribution in [3.05, 3.63) is 30.1 Å². The molecule has 0 unspecified atom stereocenters. The van der Waals surface area contributed by atoms with Crippen LogP contribution in [0, 0.1) is 0 Å². The maximum absolute atomic E-state index is 4.36.